The Labute approximate surface area is 174 Å². The van der Waals surface area contributed by atoms with E-state index in [2.05, 4.69) is 15.5 Å². The maximum Gasteiger partial charge on any atom is 0.241 e. The Bertz CT molecular complexity index is 1140. The molecule has 1 aromatic carbocycles. The molecule has 1 amide bonds. The van der Waals surface area contributed by atoms with Gasteiger partial charge in [0.15, 0.2) is 20.2 Å². The molecule has 29 heavy (non-hydrogen) atoms. The Morgan fingerprint density at radius 1 is 1.10 bits per heavy atom. The van der Waals surface area contributed by atoms with E-state index in [0.29, 0.717) is 43.0 Å². The van der Waals surface area contributed by atoms with Gasteiger partial charge in [0, 0.05) is 24.2 Å². The average Bonchev–Trinajstić information content (AvgIpc) is 3.37. The Morgan fingerprint density at radius 2 is 1.83 bits per heavy atom. The lowest BCUT2D eigenvalue weighted by molar-refractivity contribution is -0.123. The number of pyridine rings is 1. The summed E-state index contributed by atoms with van der Waals surface area (Å²) in [6, 6.07) is 11.6. The molecule has 2 heterocycles. The highest BCUT2D eigenvalue weighted by molar-refractivity contribution is 7.93. The highest BCUT2D eigenvalue weighted by Crippen LogP contribution is 2.41. The van der Waals surface area contributed by atoms with Crippen LogP contribution < -0.4 is 5.32 Å². The standard InChI is InChI=1S/C20H21ClN4O3S/c21-15-6-8-16(9-7-15)29(27,28)20(11-2-3-12-20)19(26)22-13-10-18-24-23-17-5-1-4-14-25(17)18/h1,4-9,14H,2-3,10-13H2,(H,22,26). The van der Waals surface area contributed by atoms with Crippen molar-refractivity contribution in [1.29, 1.82) is 0 Å². The number of nitrogens with one attached hydrogen (secondary N) is 1. The maximum atomic E-state index is 13.3. The molecule has 1 N–H and O–H groups in total. The molecule has 0 radical (unpaired) electrons. The number of carbonyl (C=O) groups excluding carboxylic acids is 1. The number of benzene rings is 1. The molecule has 0 spiro atoms. The van der Waals surface area contributed by atoms with Gasteiger partial charge < -0.3 is 5.32 Å². The van der Waals surface area contributed by atoms with Crippen molar-refractivity contribution < 1.29 is 13.2 Å². The van der Waals surface area contributed by atoms with Gasteiger partial charge in [-0.05, 0) is 49.2 Å². The third-order valence-corrected chi connectivity index (χ3v) is 8.25. The number of hydrogen-bond acceptors (Lipinski definition) is 5. The minimum absolute atomic E-state index is 0.127. The minimum Gasteiger partial charge on any atom is -0.354 e. The van der Waals surface area contributed by atoms with Gasteiger partial charge in [0.1, 0.15) is 5.82 Å². The zero-order chi connectivity index (χ0) is 20.5. The summed E-state index contributed by atoms with van der Waals surface area (Å²) in [6.07, 6.45) is 4.35. The molecule has 7 nitrogen and oxygen atoms in total. The van der Waals surface area contributed by atoms with Gasteiger partial charge in [-0.15, -0.1) is 10.2 Å². The van der Waals surface area contributed by atoms with E-state index in [1.165, 1.54) is 24.3 Å². The number of hydrogen-bond donors (Lipinski definition) is 1. The lowest BCUT2D eigenvalue weighted by atomic mass is 10.1. The van der Waals surface area contributed by atoms with Crippen LogP contribution in [0, 0.1) is 0 Å². The molecule has 4 rings (SSSR count). The Kier molecular flexibility index (Phi) is 5.31. The number of sulfone groups is 1. The summed E-state index contributed by atoms with van der Waals surface area (Å²) in [5.41, 5.74) is 0.728. The third-order valence-electron chi connectivity index (χ3n) is 5.48. The largest absolute Gasteiger partial charge is 0.354 e. The highest BCUT2D eigenvalue weighted by Gasteiger charge is 2.52. The van der Waals surface area contributed by atoms with E-state index in [1.54, 1.807) is 0 Å². The van der Waals surface area contributed by atoms with Gasteiger partial charge >= 0.3 is 0 Å². The zero-order valence-corrected chi connectivity index (χ0v) is 17.3. The molecule has 0 saturated heterocycles. The predicted octanol–water partition coefficient (Wildman–Crippen LogP) is 2.83. The molecule has 9 heteroatoms. The van der Waals surface area contributed by atoms with Crippen LogP contribution in [0.5, 0.6) is 0 Å². The van der Waals surface area contributed by atoms with Crippen molar-refractivity contribution >= 4 is 33.0 Å². The quantitative estimate of drug-likeness (QED) is 0.646. The fourth-order valence-electron chi connectivity index (χ4n) is 3.91. The topological polar surface area (TPSA) is 93.4 Å². The van der Waals surface area contributed by atoms with Gasteiger partial charge in [-0.3, -0.25) is 9.20 Å². The second-order valence-corrected chi connectivity index (χ2v) is 9.91. The number of fused-ring (bicyclic) bond motifs is 1. The van der Waals surface area contributed by atoms with E-state index in [-0.39, 0.29) is 11.4 Å². The van der Waals surface area contributed by atoms with Crippen LogP contribution in [0.3, 0.4) is 0 Å². The van der Waals surface area contributed by atoms with Crippen LogP contribution in [0.4, 0.5) is 0 Å². The number of halogens is 1. The van der Waals surface area contributed by atoms with Crippen LogP contribution in [0.25, 0.3) is 5.65 Å². The molecular formula is C20H21ClN4O3S. The van der Waals surface area contributed by atoms with E-state index < -0.39 is 20.5 Å². The lowest BCUT2D eigenvalue weighted by Gasteiger charge is -2.27. The van der Waals surface area contributed by atoms with Crippen LogP contribution in [0.15, 0.2) is 53.6 Å². The van der Waals surface area contributed by atoms with Gasteiger partial charge in [-0.1, -0.05) is 30.5 Å². The molecule has 152 valence electrons. The van der Waals surface area contributed by atoms with Crippen LogP contribution in [-0.4, -0.2) is 40.2 Å². The average molecular weight is 433 g/mol. The summed E-state index contributed by atoms with van der Waals surface area (Å²) in [7, 11) is -3.84. The number of carbonyl (C=O) groups is 1. The van der Waals surface area contributed by atoms with Crippen molar-refractivity contribution in [3.63, 3.8) is 0 Å². The second-order valence-electron chi connectivity index (χ2n) is 7.21. The fraction of sp³-hybridized carbons (Fsp3) is 0.350. The Hall–Kier alpha value is -2.45. The molecular weight excluding hydrogens is 412 g/mol. The number of aromatic nitrogens is 3. The summed E-state index contributed by atoms with van der Waals surface area (Å²) in [5, 5.41) is 11.5. The monoisotopic (exact) mass is 432 g/mol. The maximum absolute atomic E-state index is 13.3. The van der Waals surface area contributed by atoms with Gasteiger partial charge in [0.05, 0.1) is 4.90 Å². The first kappa shape index (κ1) is 19.8. The molecule has 0 atom stereocenters. The Balaban J connectivity index is 1.52. The summed E-state index contributed by atoms with van der Waals surface area (Å²) < 4.78 is 27.1. The lowest BCUT2D eigenvalue weighted by Crippen LogP contribution is -2.51. The van der Waals surface area contributed by atoms with Crippen LogP contribution >= 0.6 is 11.6 Å². The second kappa shape index (κ2) is 7.76. The van der Waals surface area contributed by atoms with Crippen molar-refractivity contribution in [2.24, 2.45) is 0 Å². The van der Waals surface area contributed by atoms with Crippen LogP contribution in [0.1, 0.15) is 31.5 Å². The number of amides is 1. The van der Waals surface area contributed by atoms with Crippen molar-refractivity contribution in [3.8, 4) is 0 Å². The molecule has 1 aliphatic rings. The molecule has 1 fully saturated rings. The van der Waals surface area contributed by atoms with Gasteiger partial charge in [0.2, 0.25) is 5.91 Å². The zero-order valence-electron chi connectivity index (χ0n) is 15.7. The first-order chi connectivity index (χ1) is 13.9. The molecule has 1 saturated carbocycles. The SMILES string of the molecule is O=C(NCCc1nnc2ccccn12)C1(S(=O)(=O)c2ccc(Cl)cc2)CCCC1. The smallest absolute Gasteiger partial charge is 0.241 e. The fourth-order valence-corrected chi connectivity index (χ4v) is 6.13. The molecule has 0 unspecified atom stereocenters. The summed E-state index contributed by atoms with van der Waals surface area (Å²) in [6.45, 7) is 0.284. The van der Waals surface area contributed by atoms with Crippen molar-refractivity contribution in [2.45, 2.75) is 41.7 Å². The van der Waals surface area contributed by atoms with E-state index in [9.17, 15) is 13.2 Å². The third kappa shape index (κ3) is 3.51. The summed E-state index contributed by atoms with van der Waals surface area (Å²) >= 11 is 5.89. The number of rotatable bonds is 6. The van der Waals surface area contributed by atoms with Crippen LogP contribution in [0.2, 0.25) is 5.02 Å². The van der Waals surface area contributed by atoms with E-state index >= 15 is 0 Å². The summed E-state index contributed by atoms with van der Waals surface area (Å²) in [5.74, 6) is 0.265. The molecule has 3 aromatic rings. The first-order valence-electron chi connectivity index (χ1n) is 9.51. The number of nitrogens with zero attached hydrogens (tertiary/aromatic N) is 3. The van der Waals surface area contributed by atoms with Crippen molar-refractivity contribution in [2.75, 3.05) is 6.54 Å². The van der Waals surface area contributed by atoms with Crippen molar-refractivity contribution in [1.82, 2.24) is 19.9 Å². The highest BCUT2D eigenvalue weighted by atomic mass is 35.5. The molecule has 0 bridgehead atoms. The minimum atomic E-state index is -3.84. The first-order valence-corrected chi connectivity index (χ1v) is 11.4. The molecule has 1 aliphatic carbocycles. The van der Waals surface area contributed by atoms with E-state index in [1.807, 2.05) is 28.8 Å². The van der Waals surface area contributed by atoms with Gasteiger partial charge in [-0.2, -0.15) is 0 Å². The van der Waals surface area contributed by atoms with Crippen LogP contribution in [-0.2, 0) is 21.1 Å². The van der Waals surface area contributed by atoms with E-state index in [4.69, 9.17) is 11.6 Å². The molecule has 0 aliphatic heterocycles. The predicted molar refractivity (Wildman–Crippen MR) is 110 cm³/mol. The van der Waals surface area contributed by atoms with Gasteiger partial charge in [0.25, 0.3) is 0 Å². The normalized spacial score (nSPS) is 16.2. The van der Waals surface area contributed by atoms with Crippen molar-refractivity contribution in [3.05, 3.63) is 59.5 Å². The Morgan fingerprint density at radius 3 is 2.55 bits per heavy atom. The summed E-state index contributed by atoms with van der Waals surface area (Å²) in [4.78, 5) is 13.2. The van der Waals surface area contributed by atoms with E-state index in [0.717, 1.165) is 5.65 Å². The van der Waals surface area contributed by atoms with Gasteiger partial charge in [-0.25, -0.2) is 8.42 Å². The molecule has 2 aromatic heterocycles.